The molecule has 6 heteroatoms. The molecule has 0 atom stereocenters. The Kier molecular flexibility index (Phi) is 5.15. The van der Waals surface area contributed by atoms with E-state index < -0.39 is 0 Å². The molecule has 0 aromatic carbocycles. The lowest BCUT2D eigenvalue weighted by Crippen LogP contribution is -2.50. The molecule has 0 bridgehead atoms. The Labute approximate surface area is 114 Å². The van der Waals surface area contributed by atoms with Crippen LogP contribution in [-0.2, 0) is 9.59 Å². The van der Waals surface area contributed by atoms with Gasteiger partial charge in [0.1, 0.15) is 0 Å². The van der Waals surface area contributed by atoms with Gasteiger partial charge in [-0.05, 0) is 6.42 Å². The first kappa shape index (κ1) is 14.3. The number of hydrogen-bond donors (Lipinski definition) is 1. The van der Waals surface area contributed by atoms with E-state index in [1.54, 1.807) is 6.92 Å². The summed E-state index contributed by atoms with van der Waals surface area (Å²) in [6.45, 7) is 8.77. The lowest BCUT2D eigenvalue weighted by atomic mass is 10.3. The van der Waals surface area contributed by atoms with E-state index in [-0.39, 0.29) is 11.8 Å². The van der Waals surface area contributed by atoms with Gasteiger partial charge in [0.25, 0.3) is 0 Å². The zero-order valence-corrected chi connectivity index (χ0v) is 11.7. The summed E-state index contributed by atoms with van der Waals surface area (Å²) >= 11 is 0. The van der Waals surface area contributed by atoms with Crippen molar-refractivity contribution in [3.05, 3.63) is 0 Å². The molecule has 19 heavy (non-hydrogen) atoms. The molecule has 0 saturated carbocycles. The van der Waals surface area contributed by atoms with Gasteiger partial charge in [0, 0.05) is 59.3 Å². The van der Waals surface area contributed by atoms with Gasteiger partial charge < -0.3 is 15.1 Å². The van der Waals surface area contributed by atoms with Crippen LogP contribution in [0.2, 0.25) is 0 Å². The molecule has 2 saturated heterocycles. The molecule has 1 N–H and O–H groups in total. The van der Waals surface area contributed by atoms with Gasteiger partial charge in [-0.3, -0.25) is 14.5 Å². The van der Waals surface area contributed by atoms with Gasteiger partial charge in [0.15, 0.2) is 0 Å². The first-order valence-electron chi connectivity index (χ1n) is 7.13. The molecule has 6 nitrogen and oxygen atoms in total. The second-order valence-electron chi connectivity index (χ2n) is 5.27. The second-order valence-corrected chi connectivity index (χ2v) is 5.27. The molecule has 0 aliphatic carbocycles. The monoisotopic (exact) mass is 268 g/mol. The summed E-state index contributed by atoms with van der Waals surface area (Å²) in [5.74, 6) is 0.355. The molecule has 0 unspecified atom stereocenters. The molecule has 0 radical (unpaired) electrons. The zero-order chi connectivity index (χ0) is 13.7. The standard InChI is InChI=1S/C13H24N4O2/c1-12(18)16-6-2-5-15(9-10-16)11-13(19)17-7-3-14-4-8-17/h14H,2-11H2,1H3. The number of carbonyl (C=O) groups is 2. The fourth-order valence-corrected chi connectivity index (χ4v) is 2.65. The van der Waals surface area contributed by atoms with Crippen LogP contribution in [0.25, 0.3) is 0 Å². The SMILES string of the molecule is CC(=O)N1CCCN(CC(=O)N2CCNCC2)CC1. The fraction of sp³-hybridized carbons (Fsp3) is 0.846. The van der Waals surface area contributed by atoms with Gasteiger partial charge in [-0.15, -0.1) is 0 Å². The van der Waals surface area contributed by atoms with Crippen molar-refractivity contribution in [2.75, 3.05) is 58.9 Å². The molecule has 0 aromatic rings. The average molecular weight is 268 g/mol. The highest BCUT2D eigenvalue weighted by molar-refractivity contribution is 5.78. The Bertz CT molecular complexity index is 329. The van der Waals surface area contributed by atoms with E-state index in [0.29, 0.717) is 6.54 Å². The number of nitrogens with one attached hydrogen (secondary N) is 1. The summed E-state index contributed by atoms with van der Waals surface area (Å²) in [5.41, 5.74) is 0. The lowest BCUT2D eigenvalue weighted by Gasteiger charge is -2.30. The van der Waals surface area contributed by atoms with Gasteiger partial charge in [-0.25, -0.2) is 0 Å². The van der Waals surface area contributed by atoms with Crippen LogP contribution in [0.5, 0.6) is 0 Å². The summed E-state index contributed by atoms with van der Waals surface area (Å²) in [7, 11) is 0. The maximum Gasteiger partial charge on any atom is 0.236 e. The van der Waals surface area contributed by atoms with Crippen molar-refractivity contribution in [3.63, 3.8) is 0 Å². The molecule has 2 rings (SSSR count). The molecule has 2 aliphatic heterocycles. The van der Waals surface area contributed by atoms with Crippen molar-refractivity contribution < 1.29 is 9.59 Å². The Balaban J connectivity index is 1.78. The highest BCUT2D eigenvalue weighted by Gasteiger charge is 2.21. The number of piperazine rings is 1. The van der Waals surface area contributed by atoms with Crippen molar-refractivity contribution in [1.29, 1.82) is 0 Å². The first-order chi connectivity index (χ1) is 9.16. The van der Waals surface area contributed by atoms with E-state index in [0.717, 1.165) is 58.8 Å². The molecular weight excluding hydrogens is 244 g/mol. The first-order valence-corrected chi connectivity index (χ1v) is 7.13. The highest BCUT2D eigenvalue weighted by atomic mass is 16.2. The molecular formula is C13H24N4O2. The molecule has 2 heterocycles. The molecule has 2 fully saturated rings. The van der Waals surface area contributed by atoms with Crippen LogP contribution in [0.1, 0.15) is 13.3 Å². The van der Waals surface area contributed by atoms with Crippen LogP contribution in [0.4, 0.5) is 0 Å². The average Bonchev–Trinajstić information content (AvgIpc) is 2.65. The van der Waals surface area contributed by atoms with E-state index in [4.69, 9.17) is 0 Å². The number of nitrogens with zero attached hydrogens (tertiary/aromatic N) is 3. The third kappa shape index (κ3) is 4.18. The van der Waals surface area contributed by atoms with Gasteiger partial charge in [0.2, 0.25) is 11.8 Å². The van der Waals surface area contributed by atoms with Crippen LogP contribution in [0.3, 0.4) is 0 Å². The van der Waals surface area contributed by atoms with Gasteiger partial charge in [0.05, 0.1) is 6.54 Å². The summed E-state index contributed by atoms with van der Waals surface area (Å²) < 4.78 is 0. The molecule has 0 spiro atoms. The summed E-state index contributed by atoms with van der Waals surface area (Å²) in [6, 6.07) is 0. The highest BCUT2D eigenvalue weighted by Crippen LogP contribution is 2.04. The van der Waals surface area contributed by atoms with Crippen LogP contribution in [-0.4, -0.2) is 85.4 Å². The Morgan fingerprint density at radius 2 is 1.68 bits per heavy atom. The normalized spacial score (nSPS) is 22.2. The maximum absolute atomic E-state index is 12.2. The third-order valence-electron chi connectivity index (χ3n) is 3.86. The largest absolute Gasteiger partial charge is 0.342 e. The van der Waals surface area contributed by atoms with Crippen molar-refractivity contribution in [2.45, 2.75) is 13.3 Å². The van der Waals surface area contributed by atoms with Gasteiger partial charge in [-0.2, -0.15) is 0 Å². The predicted molar refractivity (Wildman–Crippen MR) is 72.8 cm³/mol. The quantitative estimate of drug-likeness (QED) is 0.696. The van der Waals surface area contributed by atoms with E-state index in [1.165, 1.54) is 0 Å². The molecule has 2 aliphatic rings. The fourth-order valence-electron chi connectivity index (χ4n) is 2.65. The Hall–Kier alpha value is -1.14. The van der Waals surface area contributed by atoms with Crippen LogP contribution >= 0.6 is 0 Å². The van der Waals surface area contributed by atoms with Crippen LogP contribution in [0, 0.1) is 0 Å². The Morgan fingerprint density at radius 1 is 0.947 bits per heavy atom. The Morgan fingerprint density at radius 3 is 2.37 bits per heavy atom. The maximum atomic E-state index is 12.2. The van der Waals surface area contributed by atoms with Gasteiger partial charge in [-0.1, -0.05) is 0 Å². The minimum atomic E-state index is 0.135. The third-order valence-corrected chi connectivity index (χ3v) is 3.86. The van der Waals surface area contributed by atoms with Crippen LogP contribution < -0.4 is 5.32 Å². The molecule has 0 aromatic heterocycles. The smallest absolute Gasteiger partial charge is 0.236 e. The minimum Gasteiger partial charge on any atom is -0.342 e. The van der Waals surface area contributed by atoms with Crippen molar-refractivity contribution in [2.24, 2.45) is 0 Å². The molecule has 108 valence electrons. The summed E-state index contributed by atoms with van der Waals surface area (Å²) in [4.78, 5) is 29.5. The second kappa shape index (κ2) is 6.86. The minimum absolute atomic E-state index is 0.135. The molecule has 2 amide bonds. The van der Waals surface area contributed by atoms with E-state index >= 15 is 0 Å². The van der Waals surface area contributed by atoms with E-state index in [9.17, 15) is 9.59 Å². The summed E-state index contributed by atoms with van der Waals surface area (Å²) in [5, 5.41) is 3.25. The predicted octanol–water partition coefficient (Wildman–Crippen LogP) is -1.03. The lowest BCUT2D eigenvalue weighted by molar-refractivity contribution is -0.132. The number of amides is 2. The van der Waals surface area contributed by atoms with Crippen LogP contribution in [0.15, 0.2) is 0 Å². The number of hydrogen-bond acceptors (Lipinski definition) is 4. The van der Waals surface area contributed by atoms with Gasteiger partial charge >= 0.3 is 0 Å². The zero-order valence-electron chi connectivity index (χ0n) is 11.7. The van der Waals surface area contributed by atoms with E-state index in [1.807, 2.05) is 9.80 Å². The number of carbonyl (C=O) groups excluding carboxylic acids is 2. The van der Waals surface area contributed by atoms with E-state index in [2.05, 4.69) is 10.2 Å². The van der Waals surface area contributed by atoms with Crippen molar-refractivity contribution in [3.8, 4) is 0 Å². The van der Waals surface area contributed by atoms with Crippen molar-refractivity contribution >= 4 is 11.8 Å². The number of rotatable bonds is 2. The van der Waals surface area contributed by atoms with Crippen molar-refractivity contribution in [1.82, 2.24) is 20.0 Å². The topological polar surface area (TPSA) is 55.9 Å². The summed E-state index contributed by atoms with van der Waals surface area (Å²) in [6.07, 6.45) is 0.953.